The molecule has 4 heteroatoms. The Morgan fingerprint density at radius 3 is 2.17 bits per heavy atom. The van der Waals surface area contributed by atoms with Crippen LogP contribution in [0.2, 0.25) is 0 Å². The van der Waals surface area contributed by atoms with Gasteiger partial charge in [-0.3, -0.25) is 0 Å². The van der Waals surface area contributed by atoms with Gasteiger partial charge in [0.25, 0.3) is 0 Å². The number of hydrogen-bond donors (Lipinski definition) is 1. The second kappa shape index (κ2) is 3.67. The molecule has 0 saturated carbocycles. The molecule has 0 aliphatic rings. The maximum atomic E-state index is 6.11. The van der Waals surface area contributed by atoms with E-state index in [1.165, 1.54) is 0 Å². The van der Waals surface area contributed by atoms with Crippen molar-refractivity contribution in [1.29, 1.82) is 0 Å². The van der Waals surface area contributed by atoms with E-state index in [4.69, 9.17) is 5.73 Å². The smallest absolute Gasteiger partial charge is 0.119 e. The van der Waals surface area contributed by atoms with Gasteiger partial charge in [0, 0.05) is 12.1 Å². The predicted molar refractivity (Wildman–Crippen MR) is 47.5 cm³/mol. The quantitative estimate of drug-likeness (QED) is 0.723. The fourth-order valence-electron chi connectivity index (χ4n) is 1.14. The first kappa shape index (κ1) is 9.19. The summed E-state index contributed by atoms with van der Waals surface area (Å²) in [5.41, 5.74) is 6.00. The zero-order chi connectivity index (χ0) is 9.03. The van der Waals surface area contributed by atoms with Crippen LogP contribution in [-0.2, 0) is 6.54 Å². The first-order chi connectivity index (χ1) is 5.70. The highest BCUT2D eigenvalue weighted by molar-refractivity contribution is 4.82. The van der Waals surface area contributed by atoms with E-state index in [1.54, 1.807) is 12.7 Å². The molecule has 0 amide bonds. The standard InChI is InChI=1S/C8H16N4/c1-3-8(9,4-2)5-12-6-10-11-7-12/h6-7H,3-5,9H2,1-2H3. The molecule has 0 radical (unpaired) electrons. The van der Waals surface area contributed by atoms with Gasteiger partial charge in [0.1, 0.15) is 12.7 Å². The number of rotatable bonds is 4. The third-order valence-corrected chi connectivity index (χ3v) is 2.37. The first-order valence-electron chi connectivity index (χ1n) is 4.31. The monoisotopic (exact) mass is 168 g/mol. The van der Waals surface area contributed by atoms with Crippen molar-refractivity contribution in [2.45, 2.75) is 38.8 Å². The van der Waals surface area contributed by atoms with Crippen LogP contribution in [0.5, 0.6) is 0 Å². The molecular weight excluding hydrogens is 152 g/mol. The highest BCUT2D eigenvalue weighted by Gasteiger charge is 2.20. The zero-order valence-electron chi connectivity index (χ0n) is 7.70. The van der Waals surface area contributed by atoms with E-state index in [-0.39, 0.29) is 5.54 Å². The van der Waals surface area contributed by atoms with Gasteiger partial charge >= 0.3 is 0 Å². The van der Waals surface area contributed by atoms with Crippen LogP contribution in [0, 0.1) is 0 Å². The van der Waals surface area contributed by atoms with Gasteiger partial charge in [-0.15, -0.1) is 10.2 Å². The SMILES string of the molecule is CCC(N)(CC)Cn1cnnc1. The molecule has 0 bridgehead atoms. The Morgan fingerprint density at radius 2 is 1.75 bits per heavy atom. The van der Waals surface area contributed by atoms with E-state index in [9.17, 15) is 0 Å². The summed E-state index contributed by atoms with van der Waals surface area (Å²) in [6.07, 6.45) is 5.35. The van der Waals surface area contributed by atoms with Crippen LogP contribution in [0.4, 0.5) is 0 Å². The number of nitrogens with zero attached hydrogens (tertiary/aromatic N) is 3. The molecular formula is C8H16N4. The Balaban J connectivity index is 2.60. The minimum Gasteiger partial charge on any atom is -0.324 e. The average molecular weight is 168 g/mol. The van der Waals surface area contributed by atoms with E-state index in [2.05, 4.69) is 24.0 Å². The zero-order valence-corrected chi connectivity index (χ0v) is 7.70. The van der Waals surface area contributed by atoms with Gasteiger partial charge in [-0.25, -0.2) is 0 Å². The lowest BCUT2D eigenvalue weighted by molar-refractivity contribution is 0.339. The minimum atomic E-state index is -0.109. The molecule has 4 nitrogen and oxygen atoms in total. The summed E-state index contributed by atoms with van der Waals surface area (Å²) in [7, 11) is 0. The molecule has 0 aliphatic heterocycles. The lowest BCUT2D eigenvalue weighted by atomic mass is 9.94. The van der Waals surface area contributed by atoms with Crippen molar-refractivity contribution in [3.05, 3.63) is 12.7 Å². The van der Waals surface area contributed by atoms with Gasteiger partial charge in [0.2, 0.25) is 0 Å². The Morgan fingerprint density at radius 1 is 1.25 bits per heavy atom. The summed E-state index contributed by atoms with van der Waals surface area (Å²) in [5.74, 6) is 0. The summed E-state index contributed by atoms with van der Waals surface area (Å²) >= 11 is 0. The fourth-order valence-corrected chi connectivity index (χ4v) is 1.14. The van der Waals surface area contributed by atoms with E-state index in [0.29, 0.717) is 0 Å². The van der Waals surface area contributed by atoms with Crippen molar-refractivity contribution >= 4 is 0 Å². The van der Waals surface area contributed by atoms with Gasteiger partial charge in [-0.05, 0) is 12.8 Å². The largest absolute Gasteiger partial charge is 0.324 e. The molecule has 0 saturated heterocycles. The maximum absolute atomic E-state index is 6.11. The molecule has 0 aromatic carbocycles. The summed E-state index contributed by atoms with van der Waals surface area (Å²) < 4.78 is 1.92. The topological polar surface area (TPSA) is 56.7 Å². The first-order valence-corrected chi connectivity index (χ1v) is 4.31. The van der Waals surface area contributed by atoms with Crippen molar-refractivity contribution in [3.8, 4) is 0 Å². The van der Waals surface area contributed by atoms with Crippen LogP contribution in [0.1, 0.15) is 26.7 Å². The third-order valence-electron chi connectivity index (χ3n) is 2.37. The molecule has 0 spiro atoms. The van der Waals surface area contributed by atoms with Gasteiger partial charge in [-0.2, -0.15) is 0 Å². The molecule has 0 unspecified atom stereocenters. The van der Waals surface area contributed by atoms with E-state index >= 15 is 0 Å². The Kier molecular flexibility index (Phi) is 2.81. The highest BCUT2D eigenvalue weighted by Crippen LogP contribution is 2.13. The van der Waals surface area contributed by atoms with Crippen molar-refractivity contribution in [2.24, 2.45) is 5.73 Å². The number of nitrogens with two attached hydrogens (primary N) is 1. The molecule has 12 heavy (non-hydrogen) atoms. The normalized spacial score (nSPS) is 11.9. The Hall–Kier alpha value is -0.900. The van der Waals surface area contributed by atoms with E-state index < -0.39 is 0 Å². The van der Waals surface area contributed by atoms with Crippen LogP contribution >= 0.6 is 0 Å². The maximum Gasteiger partial charge on any atom is 0.119 e. The highest BCUT2D eigenvalue weighted by atomic mass is 15.2. The summed E-state index contributed by atoms with van der Waals surface area (Å²) in [6.45, 7) is 5.01. The van der Waals surface area contributed by atoms with Crippen LogP contribution in [0.15, 0.2) is 12.7 Å². The Labute approximate surface area is 72.8 Å². The number of hydrogen-bond acceptors (Lipinski definition) is 3. The molecule has 68 valence electrons. The molecule has 2 N–H and O–H groups in total. The molecule has 1 heterocycles. The van der Waals surface area contributed by atoms with Crippen LogP contribution in [-0.4, -0.2) is 20.3 Å². The van der Waals surface area contributed by atoms with Crippen molar-refractivity contribution in [1.82, 2.24) is 14.8 Å². The molecule has 1 aromatic heterocycles. The van der Waals surface area contributed by atoms with Crippen LogP contribution < -0.4 is 5.73 Å². The van der Waals surface area contributed by atoms with Crippen LogP contribution in [0.3, 0.4) is 0 Å². The van der Waals surface area contributed by atoms with Gasteiger partial charge in [-0.1, -0.05) is 13.8 Å². The van der Waals surface area contributed by atoms with Gasteiger partial charge in [0.05, 0.1) is 0 Å². The average Bonchev–Trinajstić information content (AvgIpc) is 2.57. The summed E-state index contributed by atoms with van der Waals surface area (Å²) in [6, 6.07) is 0. The molecule has 0 fully saturated rings. The van der Waals surface area contributed by atoms with Crippen LogP contribution in [0.25, 0.3) is 0 Å². The third kappa shape index (κ3) is 2.04. The lowest BCUT2D eigenvalue weighted by Crippen LogP contribution is -2.42. The van der Waals surface area contributed by atoms with E-state index in [0.717, 1.165) is 19.4 Å². The Bertz CT molecular complexity index is 213. The molecule has 1 rings (SSSR count). The van der Waals surface area contributed by atoms with E-state index in [1.807, 2.05) is 4.57 Å². The summed E-state index contributed by atoms with van der Waals surface area (Å²) in [5, 5.41) is 7.46. The summed E-state index contributed by atoms with van der Waals surface area (Å²) in [4.78, 5) is 0. The number of aromatic nitrogens is 3. The molecule has 0 aliphatic carbocycles. The van der Waals surface area contributed by atoms with Crippen molar-refractivity contribution in [3.63, 3.8) is 0 Å². The second-order valence-corrected chi connectivity index (χ2v) is 3.20. The van der Waals surface area contributed by atoms with Gasteiger partial charge < -0.3 is 10.3 Å². The van der Waals surface area contributed by atoms with Gasteiger partial charge in [0.15, 0.2) is 0 Å². The minimum absolute atomic E-state index is 0.109. The van der Waals surface area contributed by atoms with Crippen molar-refractivity contribution in [2.75, 3.05) is 0 Å². The van der Waals surface area contributed by atoms with Crippen molar-refractivity contribution < 1.29 is 0 Å². The fraction of sp³-hybridized carbons (Fsp3) is 0.750. The lowest BCUT2D eigenvalue weighted by Gasteiger charge is -2.26. The predicted octanol–water partition coefficient (Wildman–Crippen LogP) is 0.796. The molecule has 0 atom stereocenters. The molecule has 1 aromatic rings. The second-order valence-electron chi connectivity index (χ2n) is 3.20.